The van der Waals surface area contributed by atoms with Crippen molar-refractivity contribution in [2.45, 2.75) is 33.1 Å². The van der Waals surface area contributed by atoms with Crippen molar-refractivity contribution < 1.29 is 0 Å². The molecule has 1 heterocycles. The van der Waals surface area contributed by atoms with Crippen LogP contribution in [0, 0.1) is 6.92 Å². The van der Waals surface area contributed by atoms with Crippen LogP contribution < -0.4 is 10.6 Å². The van der Waals surface area contributed by atoms with Crippen molar-refractivity contribution in [2.75, 3.05) is 20.1 Å². The quantitative estimate of drug-likeness (QED) is 0.606. The lowest BCUT2D eigenvalue weighted by Gasteiger charge is -2.11. The molecule has 23 heavy (non-hydrogen) atoms. The normalized spacial score (nSPS) is 11.5. The molecule has 0 atom stereocenters. The zero-order valence-corrected chi connectivity index (χ0v) is 15.0. The molecule has 0 aliphatic heterocycles. The van der Waals surface area contributed by atoms with Gasteiger partial charge in [-0.05, 0) is 30.9 Å². The van der Waals surface area contributed by atoms with Gasteiger partial charge in [-0.15, -0.1) is 11.3 Å². The zero-order chi connectivity index (χ0) is 16.5. The lowest BCUT2D eigenvalue weighted by molar-refractivity contribution is 0.782. The first-order valence-electron chi connectivity index (χ1n) is 8.15. The number of guanidine groups is 1. The Morgan fingerprint density at radius 2 is 1.74 bits per heavy atom. The van der Waals surface area contributed by atoms with E-state index in [9.17, 15) is 0 Å². The summed E-state index contributed by atoms with van der Waals surface area (Å²) in [6.45, 7) is 5.99. The Bertz CT molecular complexity index is 616. The van der Waals surface area contributed by atoms with Crippen LogP contribution in [-0.4, -0.2) is 31.1 Å². The van der Waals surface area contributed by atoms with Gasteiger partial charge in [-0.1, -0.05) is 31.2 Å². The van der Waals surface area contributed by atoms with Crippen LogP contribution in [0.5, 0.6) is 0 Å². The standard InChI is InChI=1S/C18H26N4S/c1-4-15-5-7-16(8-6-15)9-11-20-18(19-3)21-12-10-17-22-13-14(2)23-17/h5-8,13H,4,9-12H2,1-3H3,(H2,19,20,21). The number of benzene rings is 1. The molecule has 2 aromatic rings. The summed E-state index contributed by atoms with van der Waals surface area (Å²) < 4.78 is 0. The Morgan fingerprint density at radius 3 is 2.30 bits per heavy atom. The third kappa shape index (κ3) is 6.02. The Hall–Kier alpha value is -1.88. The van der Waals surface area contributed by atoms with Crippen LogP contribution in [0.1, 0.15) is 27.9 Å². The molecule has 0 bridgehead atoms. The van der Waals surface area contributed by atoms with Gasteiger partial charge < -0.3 is 10.6 Å². The summed E-state index contributed by atoms with van der Waals surface area (Å²) in [6, 6.07) is 8.83. The van der Waals surface area contributed by atoms with Crippen LogP contribution in [0.15, 0.2) is 35.5 Å². The maximum atomic E-state index is 4.37. The van der Waals surface area contributed by atoms with Crippen LogP contribution >= 0.6 is 11.3 Å². The number of aromatic nitrogens is 1. The molecule has 0 fully saturated rings. The summed E-state index contributed by atoms with van der Waals surface area (Å²) in [4.78, 5) is 9.89. The van der Waals surface area contributed by atoms with Crippen molar-refractivity contribution in [1.29, 1.82) is 0 Å². The number of hydrogen-bond donors (Lipinski definition) is 2. The highest BCUT2D eigenvalue weighted by atomic mass is 32.1. The van der Waals surface area contributed by atoms with Gasteiger partial charge in [0.1, 0.15) is 0 Å². The van der Waals surface area contributed by atoms with Crippen molar-refractivity contribution in [1.82, 2.24) is 15.6 Å². The summed E-state index contributed by atoms with van der Waals surface area (Å²) >= 11 is 1.75. The van der Waals surface area contributed by atoms with Gasteiger partial charge in [0.2, 0.25) is 0 Å². The first-order chi connectivity index (χ1) is 11.2. The Kier molecular flexibility index (Phi) is 7.07. The van der Waals surface area contributed by atoms with E-state index in [4.69, 9.17) is 0 Å². The van der Waals surface area contributed by atoms with E-state index in [1.165, 1.54) is 21.0 Å². The largest absolute Gasteiger partial charge is 0.356 e. The minimum Gasteiger partial charge on any atom is -0.356 e. The predicted molar refractivity (Wildman–Crippen MR) is 99.4 cm³/mol. The monoisotopic (exact) mass is 330 g/mol. The van der Waals surface area contributed by atoms with Gasteiger partial charge in [-0.3, -0.25) is 4.99 Å². The summed E-state index contributed by atoms with van der Waals surface area (Å²) in [5, 5.41) is 7.87. The second kappa shape index (κ2) is 9.30. The highest BCUT2D eigenvalue weighted by Gasteiger charge is 2.01. The molecule has 1 aromatic carbocycles. The Morgan fingerprint density at radius 1 is 1.09 bits per heavy atom. The van der Waals surface area contributed by atoms with Crippen LogP contribution in [0.25, 0.3) is 0 Å². The number of nitrogens with zero attached hydrogens (tertiary/aromatic N) is 2. The molecule has 2 N–H and O–H groups in total. The van der Waals surface area contributed by atoms with E-state index in [1.54, 1.807) is 18.4 Å². The zero-order valence-electron chi connectivity index (χ0n) is 14.2. The van der Waals surface area contributed by atoms with Crippen molar-refractivity contribution in [3.05, 3.63) is 51.5 Å². The van der Waals surface area contributed by atoms with Crippen molar-refractivity contribution in [3.63, 3.8) is 0 Å². The molecule has 2 rings (SSSR count). The van der Waals surface area contributed by atoms with E-state index in [1.807, 2.05) is 6.20 Å². The third-order valence-electron chi connectivity index (χ3n) is 3.66. The molecule has 0 saturated carbocycles. The average Bonchev–Trinajstić information content (AvgIpc) is 2.99. The lowest BCUT2D eigenvalue weighted by atomic mass is 10.1. The van der Waals surface area contributed by atoms with Crippen LogP contribution in [0.2, 0.25) is 0 Å². The third-order valence-corrected chi connectivity index (χ3v) is 4.63. The highest BCUT2D eigenvalue weighted by molar-refractivity contribution is 7.11. The molecular weight excluding hydrogens is 304 g/mol. The fourth-order valence-electron chi connectivity index (χ4n) is 2.29. The van der Waals surface area contributed by atoms with Crippen molar-refractivity contribution >= 4 is 17.3 Å². The van der Waals surface area contributed by atoms with E-state index in [0.717, 1.165) is 38.3 Å². The number of rotatable bonds is 7. The van der Waals surface area contributed by atoms with E-state index < -0.39 is 0 Å². The molecule has 0 aliphatic carbocycles. The van der Waals surface area contributed by atoms with E-state index >= 15 is 0 Å². The molecule has 0 saturated heterocycles. The molecule has 124 valence electrons. The van der Waals surface area contributed by atoms with Gasteiger partial charge in [0.15, 0.2) is 5.96 Å². The molecule has 4 nitrogen and oxygen atoms in total. The summed E-state index contributed by atoms with van der Waals surface area (Å²) in [5.74, 6) is 0.850. The molecule has 0 unspecified atom stereocenters. The number of aliphatic imine (C=N–C) groups is 1. The van der Waals surface area contributed by atoms with Gasteiger partial charge in [-0.2, -0.15) is 0 Å². The lowest BCUT2D eigenvalue weighted by Crippen LogP contribution is -2.39. The fraction of sp³-hybridized carbons (Fsp3) is 0.444. The molecule has 0 spiro atoms. The molecule has 0 aliphatic rings. The molecule has 5 heteroatoms. The van der Waals surface area contributed by atoms with Crippen LogP contribution in [0.3, 0.4) is 0 Å². The van der Waals surface area contributed by atoms with Crippen LogP contribution in [0.4, 0.5) is 0 Å². The van der Waals surface area contributed by atoms with Gasteiger partial charge in [0.05, 0.1) is 5.01 Å². The van der Waals surface area contributed by atoms with E-state index in [2.05, 4.69) is 58.7 Å². The first-order valence-corrected chi connectivity index (χ1v) is 8.96. The van der Waals surface area contributed by atoms with Gasteiger partial charge in [0.25, 0.3) is 0 Å². The Labute approximate surface area is 143 Å². The second-order valence-electron chi connectivity index (χ2n) is 5.46. The summed E-state index contributed by atoms with van der Waals surface area (Å²) in [7, 11) is 1.80. The molecule has 0 radical (unpaired) electrons. The van der Waals surface area contributed by atoms with E-state index in [-0.39, 0.29) is 0 Å². The minimum absolute atomic E-state index is 0.845. The van der Waals surface area contributed by atoms with Gasteiger partial charge in [-0.25, -0.2) is 4.98 Å². The number of aryl methyl sites for hydroxylation is 2. The van der Waals surface area contributed by atoms with E-state index in [0.29, 0.717) is 0 Å². The maximum Gasteiger partial charge on any atom is 0.191 e. The smallest absolute Gasteiger partial charge is 0.191 e. The second-order valence-corrected chi connectivity index (χ2v) is 6.78. The van der Waals surface area contributed by atoms with Crippen LogP contribution in [-0.2, 0) is 19.3 Å². The molecule has 1 aromatic heterocycles. The number of hydrogen-bond acceptors (Lipinski definition) is 3. The van der Waals surface area contributed by atoms with Gasteiger partial charge >= 0.3 is 0 Å². The van der Waals surface area contributed by atoms with Crippen molar-refractivity contribution in [2.24, 2.45) is 4.99 Å². The molecular formula is C18H26N4S. The SMILES string of the molecule is CCc1ccc(CCNC(=NC)NCCc2ncc(C)s2)cc1. The number of thiazole rings is 1. The summed E-state index contributed by atoms with van der Waals surface area (Å²) in [6.07, 6.45) is 4.94. The van der Waals surface area contributed by atoms with Gasteiger partial charge in [0, 0.05) is 37.6 Å². The fourth-order valence-corrected chi connectivity index (χ4v) is 3.08. The molecule has 0 amide bonds. The highest BCUT2D eigenvalue weighted by Crippen LogP contribution is 2.10. The first kappa shape index (κ1) is 17.5. The average molecular weight is 331 g/mol. The summed E-state index contributed by atoms with van der Waals surface area (Å²) in [5.41, 5.74) is 2.74. The minimum atomic E-state index is 0.845. The number of nitrogens with one attached hydrogen (secondary N) is 2. The maximum absolute atomic E-state index is 4.37. The van der Waals surface area contributed by atoms with Crippen molar-refractivity contribution in [3.8, 4) is 0 Å². The topological polar surface area (TPSA) is 49.3 Å². The predicted octanol–water partition coefficient (Wildman–Crippen LogP) is 2.96. The Balaban J connectivity index is 1.68.